The first-order chi connectivity index (χ1) is 8.77. The summed E-state index contributed by atoms with van der Waals surface area (Å²) in [5.41, 5.74) is 0.256. The van der Waals surface area contributed by atoms with E-state index in [4.69, 9.17) is 5.11 Å². The molecule has 0 aromatic heterocycles. The quantitative estimate of drug-likeness (QED) is 0.760. The Labute approximate surface area is 111 Å². The summed E-state index contributed by atoms with van der Waals surface area (Å²) in [4.78, 5) is 21.9. The smallest absolute Gasteiger partial charge is 0.321 e. The van der Waals surface area contributed by atoms with E-state index in [0.717, 1.165) is 0 Å². The molecule has 0 bridgehead atoms. The summed E-state index contributed by atoms with van der Waals surface area (Å²) in [5, 5.41) is 8.85. The number of carboxylic acids is 1. The first-order valence-electron chi connectivity index (χ1n) is 5.64. The van der Waals surface area contributed by atoms with Crippen LogP contribution in [0.1, 0.15) is 30.6 Å². The van der Waals surface area contributed by atoms with Crippen molar-refractivity contribution >= 4 is 21.8 Å². The number of rotatable bonds is 6. The molecule has 0 heterocycles. The van der Waals surface area contributed by atoms with E-state index >= 15 is 0 Å². The van der Waals surface area contributed by atoms with E-state index in [1.807, 2.05) is 0 Å². The van der Waals surface area contributed by atoms with Crippen LogP contribution in [0.2, 0.25) is 0 Å². The summed E-state index contributed by atoms with van der Waals surface area (Å²) in [6.45, 7) is 2.89. The molecule has 0 radical (unpaired) electrons. The van der Waals surface area contributed by atoms with Gasteiger partial charge in [0.2, 0.25) is 10.0 Å². The lowest BCUT2D eigenvalue weighted by Crippen LogP contribution is -2.40. The van der Waals surface area contributed by atoms with Crippen LogP contribution in [0.5, 0.6) is 0 Å². The van der Waals surface area contributed by atoms with E-state index in [1.165, 1.54) is 31.2 Å². The highest BCUT2D eigenvalue weighted by atomic mass is 32.2. The molecule has 1 aromatic carbocycles. The van der Waals surface area contributed by atoms with Crippen LogP contribution in [0.25, 0.3) is 0 Å². The number of aliphatic carboxylic acids is 1. The van der Waals surface area contributed by atoms with Crippen LogP contribution < -0.4 is 4.72 Å². The third-order valence-corrected chi connectivity index (χ3v) is 4.02. The van der Waals surface area contributed by atoms with Crippen molar-refractivity contribution in [1.29, 1.82) is 0 Å². The van der Waals surface area contributed by atoms with Crippen LogP contribution in [0.4, 0.5) is 0 Å². The Bertz CT molecular complexity index is 594. The minimum absolute atomic E-state index is 0.125. The highest BCUT2D eigenvalue weighted by molar-refractivity contribution is 7.89. The maximum absolute atomic E-state index is 12.0. The zero-order valence-corrected chi connectivity index (χ0v) is 11.4. The summed E-state index contributed by atoms with van der Waals surface area (Å²) < 4.78 is 26.1. The van der Waals surface area contributed by atoms with Gasteiger partial charge in [0.1, 0.15) is 6.04 Å². The second-order valence-corrected chi connectivity index (χ2v) is 5.72. The molecule has 1 aromatic rings. The monoisotopic (exact) mass is 285 g/mol. The number of Topliss-reactive ketones (excluding diaryl/α,β-unsaturated/α-hetero) is 1. The first-order valence-corrected chi connectivity index (χ1v) is 7.12. The van der Waals surface area contributed by atoms with Gasteiger partial charge in [0.05, 0.1) is 4.90 Å². The van der Waals surface area contributed by atoms with Crippen LogP contribution in [0.3, 0.4) is 0 Å². The zero-order chi connectivity index (χ0) is 14.6. The number of benzene rings is 1. The van der Waals surface area contributed by atoms with Crippen molar-refractivity contribution in [2.75, 3.05) is 0 Å². The maximum atomic E-state index is 12.0. The predicted molar refractivity (Wildman–Crippen MR) is 68.5 cm³/mol. The first kappa shape index (κ1) is 15.3. The summed E-state index contributed by atoms with van der Waals surface area (Å²) in [5.74, 6) is -1.50. The van der Waals surface area contributed by atoms with E-state index < -0.39 is 22.0 Å². The summed E-state index contributed by atoms with van der Waals surface area (Å²) in [6.07, 6.45) is 0.126. The van der Waals surface area contributed by atoms with Crippen molar-refractivity contribution in [3.63, 3.8) is 0 Å². The molecule has 0 spiro atoms. The Hall–Kier alpha value is -1.73. The van der Waals surface area contributed by atoms with E-state index in [2.05, 4.69) is 4.72 Å². The molecule has 1 unspecified atom stereocenters. The van der Waals surface area contributed by atoms with Gasteiger partial charge in [-0.2, -0.15) is 4.72 Å². The SMILES string of the molecule is CCC(NS(=O)(=O)c1cccc(C(C)=O)c1)C(=O)O. The molecular formula is C12H15NO5S. The van der Waals surface area contributed by atoms with Crippen LogP contribution in [0.15, 0.2) is 29.2 Å². The Balaban J connectivity index is 3.10. The van der Waals surface area contributed by atoms with Crippen LogP contribution >= 0.6 is 0 Å². The average molecular weight is 285 g/mol. The average Bonchev–Trinajstić information content (AvgIpc) is 2.35. The maximum Gasteiger partial charge on any atom is 0.321 e. The summed E-state index contributed by atoms with van der Waals surface area (Å²) in [6, 6.07) is 4.27. The van der Waals surface area contributed by atoms with Gasteiger partial charge < -0.3 is 5.11 Å². The fourth-order valence-corrected chi connectivity index (χ4v) is 2.76. The molecule has 0 saturated heterocycles. The van der Waals surface area contributed by atoms with Gasteiger partial charge in [-0.1, -0.05) is 19.1 Å². The Kier molecular flexibility index (Phi) is 4.79. The van der Waals surface area contributed by atoms with Crippen LogP contribution in [-0.4, -0.2) is 31.3 Å². The van der Waals surface area contributed by atoms with E-state index in [1.54, 1.807) is 6.92 Å². The highest BCUT2D eigenvalue weighted by Crippen LogP contribution is 2.13. The Morgan fingerprint density at radius 1 is 1.37 bits per heavy atom. The molecule has 104 valence electrons. The van der Waals surface area contributed by atoms with Crippen LogP contribution in [-0.2, 0) is 14.8 Å². The lowest BCUT2D eigenvalue weighted by atomic mass is 10.2. The lowest BCUT2D eigenvalue weighted by molar-refractivity contribution is -0.139. The normalized spacial score (nSPS) is 12.9. The number of carbonyl (C=O) groups excluding carboxylic acids is 1. The van der Waals surface area contributed by atoms with E-state index in [9.17, 15) is 18.0 Å². The van der Waals surface area contributed by atoms with E-state index in [-0.39, 0.29) is 22.7 Å². The Morgan fingerprint density at radius 2 is 2.00 bits per heavy atom. The van der Waals surface area contributed by atoms with Gasteiger partial charge in [-0.3, -0.25) is 9.59 Å². The molecule has 1 rings (SSSR count). The van der Waals surface area contributed by atoms with Gasteiger partial charge in [-0.25, -0.2) is 8.42 Å². The van der Waals surface area contributed by atoms with Crippen molar-refractivity contribution in [3.8, 4) is 0 Å². The van der Waals surface area contributed by atoms with Gasteiger partial charge in [0, 0.05) is 5.56 Å². The van der Waals surface area contributed by atoms with Crippen molar-refractivity contribution in [2.24, 2.45) is 0 Å². The van der Waals surface area contributed by atoms with Crippen molar-refractivity contribution in [1.82, 2.24) is 4.72 Å². The minimum atomic E-state index is -3.96. The largest absolute Gasteiger partial charge is 0.480 e. The number of carbonyl (C=O) groups is 2. The molecule has 6 nitrogen and oxygen atoms in total. The second kappa shape index (κ2) is 5.94. The standard InChI is InChI=1S/C12H15NO5S/c1-3-11(12(15)16)13-19(17,18)10-6-4-5-9(7-10)8(2)14/h4-7,11,13H,3H2,1-2H3,(H,15,16). The van der Waals surface area contributed by atoms with Crippen LogP contribution in [0, 0.1) is 0 Å². The topological polar surface area (TPSA) is 101 Å². The molecule has 0 amide bonds. The fourth-order valence-electron chi connectivity index (χ4n) is 1.45. The van der Waals surface area contributed by atoms with Gasteiger partial charge in [-0.15, -0.1) is 0 Å². The molecule has 0 aliphatic heterocycles. The summed E-state index contributed by atoms with van der Waals surface area (Å²) >= 11 is 0. The number of sulfonamides is 1. The molecule has 7 heteroatoms. The number of carboxylic acid groups (broad SMARTS) is 1. The fraction of sp³-hybridized carbons (Fsp3) is 0.333. The lowest BCUT2D eigenvalue weighted by Gasteiger charge is -2.13. The number of hydrogen-bond acceptors (Lipinski definition) is 4. The molecule has 19 heavy (non-hydrogen) atoms. The molecule has 0 saturated carbocycles. The zero-order valence-electron chi connectivity index (χ0n) is 10.6. The van der Waals surface area contributed by atoms with Gasteiger partial charge >= 0.3 is 5.97 Å². The predicted octanol–water partition coefficient (Wildman–Crippen LogP) is 1.03. The number of hydrogen-bond donors (Lipinski definition) is 2. The van der Waals surface area contributed by atoms with E-state index in [0.29, 0.717) is 0 Å². The number of nitrogens with one attached hydrogen (secondary N) is 1. The highest BCUT2D eigenvalue weighted by Gasteiger charge is 2.24. The summed E-state index contributed by atoms with van der Waals surface area (Å²) in [7, 11) is -3.96. The number of ketones is 1. The van der Waals surface area contributed by atoms with Crippen molar-refractivity contribution in [3.05, 3.63) is 29.8 Å². The molecule has 1 atom stereocenters. The van der Waals surface area contributed by atoms with Crippen molar-refractivity contribution < 1.29 is 23.1 Å². The molecule has 0 aliphatic carbocycles. The van der Waals surface area contributed by atoms with Gasteiger partial charge in [0.15, 0.2) is 5.78 Å². The van der Waals surface area contributed by atoms with Gasteiger partial charge in [0.25, 0.3) is 0 Å². The van der Waals surface area contributed by atoms with Gasteiger partial charge in [-0.05, 0) is 25.5 Å². The molecule has 0 aliphatic rings. The Morgan fingerprint density at radius 3 is 2.47 bits per heavy atom. The minimum Gasteiger partial charge on any atom is -0.480 e. The third kappa shape index (κ3) is 3.87. The molecule has 0 fully saturated rings. The second-order valence-electron chi connectivity index (χ2n) is 4.00. The third-order valence-electron chi connectivity index (χ3n) is 2.55. The molecular weight excluding hydrogens is 270 g/mol. The van der Waals surface area contributed by atoms with Crippen molar-refractivity contribution in [2.45, 2.75) is 31.2 Å². The molecule has 2 N–H and O–H groups in total.